The highest BCUT2D eigenvalue weighted by Crippen LogP contribution is 2.24. The maximum atomic E-state index is 8.85. The van der Waals surface area contributed by atoms with Gasteiger partial charge < -0.3 is 20.2 Å². The number of hydrogen-bond donors (Lipinski definition) is 2. The molecule has 106 valence electrons. The van der Waals surface area contributed by atoms with Crippen LogP contribution in [0.15, 0.2) is 35.6 Å². The Kier molecular flexibility index (Phi) is 3.36. The molecule has 1 fully saturated rings. The van der Waals surface area contributed by atoms with Crippen LogP contribution in [0.4, 0.5) is 0 Å². The first-order valence-corrected chi connectivity index (χ1v) is 6.90. The average Bonchev–Trinajstić information content (AvgIpc) is 3.05. The largest absolute Gasteiger partial charge is 0.409 e. The van der Waals surface area contributed by atoms with Gasteiger partial charge in [0, 0.05) is 29.2 Å². The van der Waals surface area contributed by atoms with Crippen molar-refractivity contribution < 1.29 is 9.94 Å². The predicted octanol–water partition coefficient (Wildman–Crippen LogP) is 2.30. The quantitative estimate of drug-likeness (QED) is 0.390. The van der Waals surface area contributed by atoms with Gasteiger partial charge in [0.05, 0.1) is 12.2 Å². The summed E-state index contributed by atoms with van der Waals surface area (Å²) >= 11 is 0. The third kappa shape index (κ3) is 2.25. The van der Waals surface area contributed by atoms with Crippen molar-refractivity contribution in [2.75, 3.05) is 0 Å². The van der Waals surface area contributed by atoms with Crippen LogP contribution >= 0.6 is 0 Å². The maximum Gasteiger partial charge on any atom is 0.170 e. The highest BCUT2D eigenvalue weighted by Gasteiger charge is 2.22. The van der Waals surface area contributed by atoms with Crippen LogP contribution in [0, 0.1) is 0 Å². The van der Waals surface area contributed by atoms with Gasteiger partial charge in [-0.05, 0) is 31.9 Å². The number of oxime groups is 1. The van der Waals surface area contributed by atoms with Gasteiger partial charge in [0.1, 0.15) is 0 Å². The van der Waals surface area contributed by atoms with E-state index in [1.54, 1.807) is 0 Å². The van der Waals surface area contributed by atoms with E-state index in [-0.39, 0.29) is 11.9 Å². The number of amidine groups is 1. The molecule has 2 heterocycles. The van der Waals surface area contributed by atoms with Crippen LogP contribution in [0.3, 0.4) is 0 Å². The summed E-state index contributed by atoms with van der Waals surface area (Å²) in [5.41, 5.74) is 7.55. The zero-order valence-corrected chi connectivity index (χ0v) is 11.5. The van der Waals surface area contributed by atoms with Gasteiger partial charge in [0.25, 0.3) is 0 Å². The van der Waals surface area contributed by atoms with Crippen LogP contribution in [-0.4, -0.2) is 27.8 Å². The van der Waals surface area contributed by atoms with Crippen molar-refractivity contribution in [2.45, 2.75) is 38.5 Å². The number of nitrogens with two attached hydrogens (primary N) is 1. The van der Waals surface area contributed by atoms with Gasteiger partial charge >= 0.3 is 0 Å². The molecule has 5 nitrogen and oxygen atoms in total. The van der Waals surface area contributed by atoms with Crippen LogP contribution < -0.4 is 5.73 Å². The minimum absolute atomic E-state index is 0.138. The number of benzene rings is 1. The number of hydrogen-bond acceptors (Lipinski definition) is 3. The second-order valence-corrected chi connectivity index (χ2v) is 5.34. The third-order valence-corrected chi connectivity index (χ3v) is 3.92. The molecule has 20 heavy (non-hydrogen) atoms. The second-order valence-electron chi connectivity index (χ2n) is 5.34. The van der Waals surface area contributed by atoms with Crippen LogP contribution in [0.5, 0.6) is 0 Å². The molecule has 2 atom stereocenters. The summed E-state index contributed by atoms with van der Waals surface area (Å²) in [7, 11) is 0. The first kappa shape index (κ1) is 13.0. The first-order chi connectivity index (χ1) is 9.69. The molecular weight excluding hydrogens is 254 g/mol. The van der Waals surface area contributed by atoms with E-state index >= 15 is 0 Å². The van der Waals surface area contributed by atoms with E-state index in [2.05, 4.69) is 16.6 Å². The molecule has 3 N–H and O–H groups in total. The Balaban J connectivity index is 1.94. The lowest BCUT2D eigenvalue weighted by molar-refractivity contribution is 0.0465. The molecular formula is C15H19N3O2. The second kappa shape index (κ2) is 5.17. The summed E-state index contributed by atoms with van der Waals surface area (Å²) < 4.78 is 8.05. The highest BCUT2D eigenvalue weighted by atomic mass is 16.5. The van der Waals surface area contributed by atoms with Crippen LogP contribution in [0.2, 0.25) is 0 Å². The fraction of sp³-hybridized carbons (Fsp3) is 0.400. The Morgan fingerprint density at radius 2 is 2.30 bits per heavy atom. The Morgan fingerprint density at radius 1 is 1.45 bits per heavy atom. The van der Waals surface area contributed by atoms with E-state index in [0.717, 1.165) is 35.9 Å². The lowest BCUT2D eigenvalue weighted by Gasteiger charge is -2.13. The van der Waals surface area contributed by atoms with E-state index in [1.165, 1.54) is 0 Å². The number of nitrogens with zero attached hydrogens (tertiary/aromatic N) is 2. The summed E-state index contributed by atoms with van der Waals surface area (Å²) in [5.74, 6) is 0.138. The van der Waals surface area contributed by atoms with Crippen molar-refractivity contribution in [1.82, 2.24) is 4.57 Å². The van der Waals surface area contributed by atoms with Crippen molar-refractivity contribution in [3.63, 3.8) is 0 Å². The number of ether oxygens (including phenoxy) is 1. The zero-order chi connectivity index (χ0) is 14.1. The minimum Gasteiger partial charge on any atom is -0.409 e. The molecule has 0 spiro atoms. The molecule has 0 saturated carbocycles. The Labute approximate surface area is 117 Å². The van der Waals surface area contributed by atoms with Crippen LogP contribution in [0.25, 0.3) is 10.9 Å². The van der Waals surface area contributed by atoms with Crippen LogP contribution in [0.1, 0.15) is 25.3 Å². The Morgan fingerprint density at radius 3 is 3.00 bits per heavy atom. The smallest absolute Gasteiger partial charge is 0.170 e. The van der Waals surface area contributed by atoms with Gasteiger partial charge in [0.15, 0.2) is 5.84 Å². The molecule has 1 saturated heterocycles. The molecule has 1 aromatic heterocycles. The molecule has 1 aliphatic rings. The number of fused-ring (bicyclic) bond motifs is 1. The molecule has 1 aliphatic heterocycles. The molecule has 0 radical (unpaired) electrons. The third-order valence-electron chi connectivity index (χ3n) is 3.92. The first-order valence-electron chi connectivity index (χ1n) is 6.90. The monoisotopic (exact) mass is 273 g/mol. The molecule has 0 bridgehead atoms. The van der Waals surface area contributed by atoms with E-state index < -0.39 is 0 Å². The molecule has 1 aromatic carbocycles. The van der Waals surface area contributed by atoms with E-state index in [0.29, 0.717) is 6.10 Å². The summed E-state index contributed by atoms with van der Waals surface area (Å²) in [6.45, 7) is 2.96. The van der Waals surface area contributed by atoms with Gasteiger partial charge in [-0.15, -0.1) is 0 Å². The van der Waals surface area contributed by atoms with Crippen molar-refractivity contribution in [3.8, 4) is 0 Å². The Hall–Kier alpha value is -2.01. The molecule has 3 rings (SSSR count). The maximum absolute atomic E-state index is 8.85. The standard InChI is InChI=1S/C15H19N3O2/c1-10-5-6-11(20-10)9-18-8-7-12-13(15(16)17-19)3-2-4-14(12)18/h2-4,7-8,10-11,19H,5-6,9H2,1H3,(H2,16,17). The zero-order valence-electron chi connectivity index (χ0n) is 11.5. The van der Waals surface area contributed by atoms with Gasteiger partial charge in [-0.3, -0.25) is 0 Å². The Bertz CT molecular complexity index is 648. The summed E-state index contributed by atoms with van der Waals surface area (Å²) in [6, 6.07) is 7.82. The van der Waals surface area contributed by atoms with Gasteiger partial charge in [-0.1, -0.05) is 17.3 Å². The lowest BCUT2D eigenvalue weighted by Crippen LogP contribution is -2.16. The summed E-state index contributed by atoms with van der Waals surface area (Å²) in [5, 5.41) is 12.9. The molecule has 0 aliphatic carbocycles. The van der Waals surface area contributed by atoms with E-state index in [4.69, 9.17) is 15.7 Å². The topological polar surface area (TPSA) is 72.8 Å². The van der Waals surface area contributed by atoms with Crippen molar-refractivity contribution in [3.05, 3.63) is 36.0 Å². The SMILES string of the molecule is CC1CCC(Cn2ccc3c(/C(N)=N/O)cccc32)O1. The number of aromatic nitrogens is 1. The molecule has 2 unspecified atom stereocenters. The van der Waals surface area contributed by atoms with Gasteiger partial charge in [-0.2, -0.15) is 0 Å². The van der Waals surface area contributed by atoms with Crippen molar-refractivity contribution in [1.29, 1.82) is 0 Å². The van der Waals surface area contributed by atoms with Gasteiger partial charge in [0.2, 0.25) is 0 Å². The summed E-state index contributed by atoms with van der Waals surface area (Å²) in [6.07, 6.45) is 4.88. The number of rotatable bonds is 3. The fourth-order valence-corrected chi connectivity index (χ4v) is 2.90. The minimum atomic E-state index is 0.138. The van der Waals surface area contributed by atoms with Crippen molar-refractivity contribution in [2.24, 2.45) is 10.9 Å². The average molecular weight is 273 g/mol. The predicted molar refractivity (Wildman–Crippen MR) is 78.0 cm³/mol. The molecule has 0 amide bonds. The van der Waals surface area contributed by atoms with E-state index in [1.807, 2.05) is 30.5 Å². The molecule has 2 aromatic rings. The highest BCUT2D eigenvalue weighted by molar-refractivity contribution is 6.08. The van der Waals surface area contributed by atoms with Gasteiger partial charge in [-0.25, -0.2) is 0 Å². The van der Waals surface area contributed by atoms with Crippen LogP contribution in [-0.2, 0) is 11.3 Å². The van der Waals surface area contributed by atoms with Crippen molar-refractivity contribution >= 4 is 16.7 Å². The van der Waals surface area contributed by atoms with E-state index in [9.17, 15) is 0 Å². The summed E-state index contributed by atoms with van der Waals surface area (Å²) in [4.78, 5) is 0. The fourth-order valence-electron chi connectivity index (χ4n) is 2.90. The normalized spacial score (nSPS) is 23.6. The molecule has 5 heteroatoms. The lowest BCUT2D eigenvalue weighted by atomic mass is 10.1.